The molecule has 0 aliphatic heterocycles. The van der Waals surface area contributed by atoms with E-state index >= 15 is 0 Å². The Morgan fingerprint density at radius 3 is 3.15 bits per heavy atom. The number of hydrogen-bond donors (Lipinski definition) is 2. The van der Waals surface area contributed by atoms with E-state index in [0.29, 0.717) is 10.3 Å². The first-order chi connectivity index (χ1) is 6.15. The van der Waals surface area contributed by atoms with Crippen molar-refractivity contribution in [2.75, 3.05) is 5.32 Å². The van der Waals surface area contributed by atoms with E-state index in [1.165, 1.54) is 6.33 Å². The second-order valence-electron chi connectivity index (χ2n) is 2.56. The molecule has 70 valence electrons. The molecule has 4 nitrogen and oxygen atoms in total. The zero-order valence-corrected chi connectivity index (χ0v) is 8.76. The molecule has 0 spiro atoms. The zero-order chi connectivity index (χ0) is 9.84. The standard InChI is InChI=1S/C8H10BrN3O/c1-3-5(2)12-7-6(9)8(13)11-4-10-7/h3-5H,1H2,2H3,(H2,10,11,12,13). The lowest BCUT2D eigenvalue weighted by Crippen LogP contribution is -2.17. The van der Waals surface area contributed by atoms with Gasteiger partial charge in [-0.05, 0) is 22.9 Å². The van der Waals surface area contributed by atoms with Gasteiger partial charge < -0.3 is 10.3 Å². The first-order valence-electron chi connectivity index (χ1n) is 3.77. The number of aromatic nitrogens is 2. The molecule has 0 radical (unpaired) electrons. The number of halogens is 1. The van der Waals surface area contributed by atoms with Gasteiger partial charge in [-0.3, -0.25) is 4.79 Å². The number of H-pyrrole nitrogens is 1. The highest BCUT2D eigenvalue weighted by molar-refractivity contribution is 9.10. The molecule has 1 heterocycles. The highest BCUT2D eigenvalue weighted by atomic mass is 79.9. The summed E-state index contributed by atoms with van der Waals surface area (Å²) in [4.78, 5) is 17.5. The quantitative estimate of drug-likeness (QED) is 0.792. The molecule has 1 aromatic rings. The van der Waals surface area contributed by atoms with Crippen LogP contribution in [0.3, 0.4) is 0 Å². The SMILES string of the molecule is C=CC(C)Nc1nc[nH]c(=O)c1Br. The van der Waals surface area contributed by atoms with Gasteiger partial charge in [0.2, 0.25) is 0 Å². The summed E-state index contributed by atoms with van der Waals surface area (Å²) in [6, 6.07) is 0.0746. The topological polar surface area (TPSA) is 57.8 Å². The number of nitrogens with one attached hydrogen (secondary N) is 2. The van der Waals surface area contributed by atoms with E-state index < -0.39 is 0 Å². The van der Waals surface area contributed by atoms with E-state index in [4.69, 9.17) is 0 Å². The van der Waals surface area contributed by atoms with Crippen molar-refractivity contribution in [2.45, 2.75) is 13.0 Å². The largest absolute Gasteiger partial charge is 0.363 e. The van der Waals surface area contributed by atoms with Gasteiger partial charge in [-0.25, -0.2) is 4.98 Å². The molecule has 0 amide bonds. The van der Waals surface area contributed by atoms with Gasteiger partial charge in [0.15, 0.2) is 0 Å². The minimum Gasteiger partial charge on any atom is -0.363 e. The average Bonchev–Trinajstić information content (AvgIpc) is 2.13. The number of aromatic amines is 1. The van der Waals surface area contributed by atoms with Crippen LogP contribution in [0.15, 0.2) is 28.2 Å². The van der Waals surface area contributed by atoms with Gasteiger partial charge in [0.1, 0.15) is 10.3 Å². The molecular weight excluding hydrogens is 234 g/mol. The summed E-state index contributed by atoms with van der Waals surface area (Å²) in [7, 11) is 0. The van der Waals surface area contributed by atoms with Crippen LogP contribution in [0.25, 0.3) is 0 Å². The maximum atomic E-state index is 11.1. The normalized spacial score (nSPS) is 12.2. The van der Waals surface area contributed by atoms with Crippen molar-refractivity contribution < 1.29 is 0 Å². The second-order valence-corrected chi connectivity index (χ2v) is 3.36. The van der Waals surface area contributed by atoms with Gasteiger partial charge in [-0.1, -0.05) is 6.08 Å². The summed E-state index contributed by atoms with van der Waals surface area (Å²) >= 11 is 3.13. The number of hydrogen-bond acceptors (Lipinski definition) is 3. The molecule has 0 bridgehead atoms. The third kappa shape index (κ3) is 2.42. The number of rotatable bonds is 3. The third-order valence-corrected chi connectivity index (χ3v) is 2.25. The predicted octanol–water partition coefficient (Wildman–Crippen LogP) is 1.52. The minimum atomic E-state index is -0.200. The van der Waals surface area contributed by atoms with Crippen LogP contribution in [0.4, 0.5) is 5.82 Å². The monoisotopic (exact) mass is 243 g/mol. The molecule has 0 aliphatic carbocycles. The van der Waals surface area contributed by atoms with Crippen LogP contribution in [0.5, 0.6) is 0 Å². The Morgan fingerprint density at radius 2 is 2.54 bits per heavy atom. The molecule has 1 atom stereocenters. The Kier molecular flexibility index (Phi) is 3.25. The Bertz CT molecular complexity index is 361. The Labute approximate surface area is 84.2 Å². The summed E-state index contributed by atoms with van der Waals surface area (Å²) in [5.41, 5.74) is -0.200. The van der Waals surface area contributed by atoms with Crippen molar-refractivity contribution in [3.05, 3.63) is 33.8 Å². The zero-order valence-electron chi connectivity index (χ0n) is 7.17. The number of anilines is 1. The Morgan fingerprint density at radius 1 is 1.85 bits per heavy atom. The number of nitrogens with zero attached hydrogens (tertiary/aromatic N) is 1. The molecule has 1 unspecified atom stereocenters. The molecule has 13 heavy (non-hydrogen) atoms. The van der Waals surface area contributed by atoms with Gasteiger partial charge in [0, 0.05) is 6.04 Å². The minimum absolute atomic E-state index is 0.0746. The Balaban J connectivity index is 2.95. The van der Waals surface area contributed by atoms with Crippen molar-refractivity contribution in [3.63, 3.8) is 0 Å². The van der Waals surface area contributed by atoms with Crippen LogP contribution in [0, 0.1) is 0 Å². The fourth-order valence-corrected chi connectivity index (χ4v) is 1.09. The van der Waals surface area contributed by atoms with Gasteiger partial charge in [0.05, 0.1) is 6.33 Å². The molecule has 2 N–H and O–H groups in total. The van der Waals surface area contributed by atoms with Crippen LogP contribution < -0.4 is 10.9 Å². The summed E-state index contributed by atoms with van der Waals surface area (Å²) in [6.07, 6.45) is 3.08. The molecule has 0 fully saturated rings. The van der Waals surface area contributed by atoms with E-state index in [0.717, 1.165) is 0 Å². The van der Waals surface area contributed by atoms with Gasteiger partial charge >= 0.3 is 0 Å². The van der Waals surface area contributed by atoms with Gasteiger partial charge in [0.25, 0.3) is 5.56 Å². The van der Waals surface area contributed by atoms with E-state index in [9.17, 15) is 4.79 Å². The maximum absolute atomic E-state index is 11.1. The molecule has 0 aromatic carbocycles. The molecule has 0 saturated heterocycles. The summed E-state index contributed by atoms with van der Waals surface area (Å²) in [5.74, 6) is 0.524. The van der Waals surface area contributed by atoms with Crippen molar-refractivity contribution in [1.29, 1.82) is 0 Å². The Hall–Kier alpha value is -1.10. The fraction of sp³-hybridized carbons (Fsp3) is 0.250. The van der Waals surface area contributed by atoms with Crippen LogP contribution >= 0.6 is 15.9 Å². The van der Waals surface area contributed by atoms with Crippen LogP contribution in [-0.4, -0.2) is 16.0 Å². The summed E-state index contributed by atoms with van der Waals surface area (Å²) in [5, 5.41) is 3.00. The van der Waals surface area contributed by atoms with Gasteiger partial charge in [-0.15, -0.1) is 6.58 Å². The smallest absolute Gasteiger partial charge is 0.267 e. The highest BCUT2D eigenvalue weighted by Crippen LogP contribution is 2.13. The molecule has 1 rings (SSSR count). The van der Waals surface area contributed by atoms with Crippen molar-refractivity contribution in [1.82, 2.24) is 9.97 Å². The van der Waals surface area contributed by atoms with Crippen LogP contribution in [-0.2, 0) is 0 Å². The van der Waals surface area contributed by atoms with Crippen molar-refractivity contribution in [3.8, 4) is 0 Å². The summed E-state index contributed by atoms with van der Waals surface area (Å²) < 4.78 is 0.406. The first-order valence-corrected chi connectivity index (χ1v) is 4.56. The van der Waals surface area contributed by atoms with Crippen LogP contribution in [0.2, 0.25) is 0 Å². The van der Waals surface area contributed by atoms with Crippen LogP contribution in [0.1, 0.15) is 6.92 Å². The van der Waals surface area contributed by atoms with Crippen molar-refractivity contribution in [2.24, 2.45) is 0 Å². The highest BCUT2D eigenvalue weighted by Gasteiger charge is 2.05. The summed E-state index contributed by atoms with van der Waals surface area (Å²) in [6.45, 7) is 5.54. The lowest BCUT2D eigenvalue weighted by molar-refractivity contribution is 0.965. The first kappa shape index (κ1) is 9.98. The molecule has 0 saturated carbocycles. The van der Waals surface area contributed by atoms with E-state index in [1.54, 1.807) is 6.08 Å². The van der Waals surface area contributed by atoms with E-state index in [2.05, 4.69) is 37.8 Å². The molecule has 5 heteroatoms. The molecular formula is C8H10BrN3O. The van der Waals surface area contributed by atoms with Crippen molar-refractivity contribution >= 4 is 21.7 Å². The molecule has 1 aromatic heterocycles. The average molecular weight is 244 g/mol. The lowest BCUT2D eigenvalue weighted by Gasteiger charge is -2.09. The lowest BCUT2D eigenvalue weighted by atomic mass is 10.3. The maximum Gasteiger partial charge on any atom is 0.267 e. The van der Waals surface area contributed by atoms with E-state index in [1.807, 2.05) is 6.92 Å². The van der Waals surface area contributed by atoms with Gasteiger partial charge in [-0.2, -0.15) is 0 Å². The third-order valence-electron chi connectivity index (χ3n) is 1.51. The second kappa shape index (κ2) is 4.23. The fourth-order valence-electron chi connectivity index (χ4n) is 0.758. The predicted molar refractivity (Wildman–Crippen MR) is 55.8 cm³/mol. The van der Waals surface area contributed by atoms with E-state index in [-0.39, 0.29) is 11.6 Å². The molecule has 0 aliphatic rings.